The molecule has 0 aromatic rings. The molecule has 0 saturated carbocycles. The maximum Gasteiger partial charge on any atom is 0.320 e. The number of carbonyl (C=O) groups is 2. The lowest BCUT2D eigenvalue weighted by atomic mass is 9.98. The summed E-state index contributed by atoms with van der Waals surface area (Å²) in [5, 5.41) is 9.05. The van der Waals surface area contributed by atoms with Gasteiger partial charge in [-0.3, -0.25) is 4.79 Å². The molecule has 1 fully saturated rings. The first kappa shape index (κ1) is 16.1. The third-order valence-corrected chi connectivity index (χ3v) is 4.39. The van der Waals surface area contributed by atoms with E-state index in [-0.39, 0.29) is 12.1 Å². The molecule has 2 unspecified atom stereocenters. The number of rotatable bonds is 5. The number of hydrogen-bond donors (Lipinski definition) is 1. The number of amides is 2. The Morgan fingerprint density at radius 1 is 1.53 bits per heavy atom. The summed E-state index contributed by atoms with van der Waals surface area (Å²) in [6.07, 6.45) is 4.46. The van der Waals surface area contributed by atoms with Gasteiger partial charge < -0.3 is 14.9 Å². The number of carboxylic acid groups (broad SMARTS) is 1. The predicted octanol–water partition coefficient (Wildman–Crippen LogP) is 1.98. The second-order valence-electron chi connectivity index (χ2n) is 5.15. The van der Waals surface area contributed by atoms with E-state index in [9.17, 15) is 9.59 Å². The van der Waals surface area contributed by atoms with Gasteiger partial charge in [0.25, 0.3) is 0 Å². The molecular formula is C13H24N2O3S. The molecule has 0 spiro atoms. The predicted molar refractivity (Wildman–Crippen MR) is 77.6 cm³/mol. The quantitative estimate of drug-likeness (QED) is 0.840. The van der Waals surface area contributed by atoms with E-state index in [0.717, 1.165) is 18.6 Å². The molecule has 1 aliphatic rings. The molecule has 0 aromatic heterocycles. The molecule has 1 aliphatic heterocycles. The number of carboxylic acids is 1. The van der Waals surface area contributed by atoms with E-state index in [2.05, 4.69) is 6.26 Å². The van der Waals surface area contributed by atoms with E-state index < -0.39 is 11.9 Å². The van der Waals surface area contributed by atoms with Gasteiger partial charge in [-0.05, 0) is 38.2 Å². The molecule has 0 radical (unpaired) electrons. The number of likely N-dealkylation sites (tertiary alicyclic amines) is 1. The summed E-state index contributed by atoms with van der Waals surface area (Å²) in [7, 11) is 1.80. The molecule has 1 rings (SSSR count). The van der Waals surface area contributed by atoms with Crippen LogP contribution < -0.4 is 0 Å². The van der Waals surface area contributed by atoms with E-state index in [4.69, 9.17) is 5.11 Å². The van der Waals surface area contributed by atoms with Gasteiger partial charge >= 0.3 is 12.0 Å². The van der Waals surface area contributed by atoms with Crippen LogP contribution in [0.4, 0.5) is 4.79 Å². The highest BCUT2D eigenvalue weighted by molar-refractivity contribution is 7.98. The minimum absolute atomic E-state index is 0.0421. The lowest BCUT2D eigenvalue weighted by molar-refractivity contribution is -0.143. The molecule has 5 nitrogen and oxygen atoms in total. The van der Waals surface area contributed by atoms with Crippen LogP contribution in [-0.4, -0.2) is 65.1 Å². The second kappa shape index (κ2) is 7.62. The molecule has 0 bridgehead atoms. The molecule has 1 heterocycles. The minimum atomic E-state index is -0.796. The molecule has 0 aliphatic carbocycles. The summed E-state index contributed by atoms with van der Waals surface area (Å²) in [4.78, 5) is 26.8. The van der Waals surface area contributed by atoms with Crippen molar-refractivity contribution < 1.29 is 14.7 Å². The van der Waals surface area contributed by atoms with Gasteiger partial charge in [-0.15, -0.1) is 0 Å². The monoisotopic (exact) mass is 288 g/mol. The van der Waals surface area contributed by atoms with E-state index >= 15 is 0 Å². The topological polar surface area (TPSA) is 60.9 Å². The average molecular weight is 288 g/mol. The Labute approximate surface area is 119 Å². The Balaban J connectivity index is 2.53. The normalized spacial score (nSPS) is 21.0. The van der Waals surface area contributed by atoms with Crippen LogP contribution in [0.15, 0.2) is 0 Å². The van der Waals surface area contributed by atoms with Crippen LogP contribution in [0.25, 0.3) is 0 Å². The molecular weight excluding hydrogens is 264 g/mol. The van der Waals surface area contributed by atoms with Crippen LogP contribution >= 0.6 is 11.8 Å². The maximum atomic E-state index is 12.3. The summed E-state index contributed by atoms with van der Waals surface area (Å²) < 4.78 is 0. The first-order valence-electron chi connectivity index (χ1n) is 6.70. The van der Waals surface area contributed by atoms with Gasteiger partial charge in [0, 0.05) is 26.2 Å². The van der Waals surface area contributed by atoms with Gasteiger partial charge in [0.15, 0.2) is 0 Å². The van der Waals surface area contributed by atoms with Gasteiger partial charge in [0.2, 0.25) is 0 Å². The van der Waals surface area contributed by atoms with Crippen molar-refractivity contribution in [2.45, 2.75) is 32.2 Å². The van der Waals surface area contributed by atoms with Gasteiger partial charge in [0.1, 0.15) is 0 Å². The summed E-state index contributed by atoms with van der Waals surface area (Å²) in [6, 6.07) is 0.143. The number of nitrogens with zero attached hydrogens (tertiary/aromatic N) is 2. The highest BCUT2D eigenvalue weighted by atomic mass is 32.2. The molecule has 0 aromatic carbocycles. The van der Waals surface area contributed by atoms with Crippen LogP contribution in [0, 0.1) is 5.92 Å². The standard InChI is InChI=1S/C13H24N2O3S/c1-10(6-8-19-3)14(2)13(18)15-7-4-5-11(9-15)12(16)17/h10-11H,4-9H2,1-3H3,(H,16,17). The Kier molecular flexibility index (Phi) is 6.48. The summed E-state index contributed by atoms with van der Waals surface area (Å²) in [5.74, 6) is -0.181. The lowest BCUT2D eigenvalue weighted by Gasteiger charge is -2.36. The third-order valence-electron chi connectivity index (χ3n) is 3.74. The molecule has 2 atom stereocenters. The Morgan fingerprint density at radius 3 is 2.79 bits per heavy atom. The van der Waals surface area contributed by atoms with Gasteiger partial charge in [-0.25, -0.2) is 4.79 Å². The highest BCUT2D eigenvalue weighted by Crippen LogP contribution is 2.19. The molecule has 6 heteroatoms. The van der Waals surface area contributed by atoms with Gasteiger partial charge in [-0.1, -0.05) is 0 Å². The number of urea groups is 1. The number of piperidine rings is 1. The van der Waals surface area contributed by atoms with Crippen LogP contribution in [-0.2, 0) is 4.79 Å². The molecule has 2 amide bonds. The summed E-state index contributed by atoms with van der Waals surface area (Å²) in [5.41, 5.74) is 0. The largest absolute Gasteiger partial charge is 0.481 e. The zero-order valence-electron chi connectivity index (χ0n) is 12.0. The number of hydrogen-bond acceptors (Lipinski definition) is 3. The summed E-state index contributed by atoms with van der Waals surface area (Å²) in [6.45, 7) is 3.04. The second-order valence-corrected chi connectivity index (χ2v) is 6.13. The molecule has 1 saturated heterocycles. The Hall–Kier alpha value is -0.910. The van der Waals surface area contributed by atoms with Crippen molar-refractivity contribution in [3.63, 3.8) is 0 Å². The van der Waals surface area contributed by atoms with E-state index in [1.54, 1.807) is 28.6 Å². The minimum Gasteiger partial charge on any atom is -0.481 e. The fourth-order valence-corrected chi connectivity index (χ4v) is 2.82. The maximum absolute atomic E-state index is 12.3. The zero-order chi connectivity index (χ0) is 14.4. The molecule has 1 N–H and O–H groups in total. The van der Waals surface area contributed by atoms with Crippen LogP contribution in [0.1, 0.15) is 26.2 Å². The SMILES string of the molecule is CSCCC(C)N(C)C(=O)N1CCCC(C(=O)O)C1. The van der Waals surface area contributed by atoms with Gasteiger partial charge in [0.05, 0.1) is 5.92 Å². The Bertz CT molecular complexity index is 325. The lowest BCUT2D eigenvalue weighted by Crippen LogP contribution is -2.50. The van der Waals surface area contributed by atoms with Crippen molar-refractivity contribution in [1.82, 2.24) is 9.80 Å². The smallest absolute Gasteiger partial charge is 0.320 e. The first-order chi connectivity index (χ1) is 8.97. The Morgan fingerprint density at radius 2 is 2.21 bits per heavy atom. The van der Waals surface area contributed by atoms with Crippen molar-refractivity contribution in [2.24, 2.45) is 5.92 Å². The van der Waals surface area contributed by atoms with Crippen molar-refractivity contribution in [2.75, 3.05) is 32.1 Å². The first-order valence-corrected chi connectivity index (χ1v) is 8.10. The average Bonchev–Trinajstić information content (AvgIpc) is 2.43. The number of thioether (sulfide) groups is 1. The van der Waals surface area contributed by atoms with E-state index in [0.29, 0.717) is 19.5 Å². The third kappa shape index (κ3) is 4.60. The summed E-state index contributed by atoms with van der Waals surface area (Å²) >= 11 is 1.77. The van der Waals surface area contributed by atoms with Crippen molar-refractivity contribution in [3.05, 3.63) is 0 Å². The number of carbonyl (C=O) groups excluding carboxylic acids is 1. The van der Waals surface area contributed by atoms with Crippen LogP contribution in [0.2, 0.25) is 0 Å². The fraction of sp³-hybridized carbons (Fsp3) is 0.846. The van der Waals surface area contributed by atoms with Gasteiger partial charge in [-0.2, -0.15) is 11.8 Å². The zero-order valence-corrected chi connectivity index (χ0v) is 12.8. The van der Waals surface area contributed by atoms with Crippen LogP contribution in [0.5, 0.6) is 0 Å². The highest BCUT2D eigenvalue weighted by Gasteiger charge is 2.30. The van der Waals surface area contributed by atoms with Crippen molar-refractivity contribution in [3.8, 4) is 0 Å². The number of aliphatic carboxylic acids is 1. The van der Waals surface area contributed by atoms with E-state index in [1.807, 2.05) is 6.92 Å². The van der Waals surface area contributed by atoms with E-state index in [1.165, 1.54) is 0 Å². The van der Waals surface area contributed by atoms with Crippen molar-refractivity contribution in [1.29, 1.82) is 0 Å². The van der Waals surface area contributed by atoms with Crippen LogP contribution in [0.3, 0.4) is 0 Å². The molecule has 19 heavy (non-hydrogen) atoms. The van der Waals surface area contributed by atoms with Crippen molar-refractivity contribution >= 4 is 23.8 Å². The fourth-order valence-electron chi connectivity index (χ4n) is 2.25. The molecule has 110 valence electrons.